The molecule has 1 aromatic rings. The standard InChI is InChI=1S/C15H20BrNO4/c1-9(2)5-10(6-14(19)20)8-17-15(21)11-3-4-12(16)13(18)7-11/h3-4,7,9-10,18H,5-6,8H2,1-2H3,(H,17,21)(H,19,20). The number of carbonyl (C=O) groups is 2. The van der Waals surface area contributed by atoms with Gasteiger partial charge in [0.25, 0.3) is 5.91 Å². The molecule has 6 heteroatoms. The Balaban J connectivity index is 2.63. The van der Waals surface area contributed by atoms with Gasteiger partial charge in [0.2, 0.25) is 0 Å². The van der Waals surface area contributed by atoms with Crippen LogP contribution in [0.4, 0.5) is 0 Å². The second-order valence-corrected chi connectivity index (χ2v) is 6.32. The number of halogens is 1. The van der Waals surface area contributed by atoms with Crippen molar-refractivity contribution in [1.29, 1.82) is 0 Å². The first kappa shape index (κ1) is 17.5. The Kier molecular flexibility index (Phi) is 6.68. The Labute approximate surface area is 132 Å². The van der Waals surface area contributed by atoms with Gasteiger partial charge in [0.1, 0.15) is 5.75 Å². The van der Waals surface area contributed by atoms with Crippen molar-refractivity contribution in [2.45, 2.75) is 26.7 Å². The van der Waals surface area contributed by atoms with Crippen LogP contribution in [0.5, 0.6) is 5.75 Å². The molecule has 0 bridgehead atoms. The van der Waals surface area contributed by atoms with Crippen molar-refractivity contribution < 1.29 is 19.8 Å². The lowest BCUT2D eigenvalue weighted by Gasteiger charge is -2.17. The van der Waals surface area contributed by atoms with Crippen molar-refractivity contribution in [3.05, 3.63) is 28.2 Å². The number of nitrogens with one attached hydrogen (secondary N) is 1. The van der Waals surface area contributed by atoms with E-state index in [2.05, 4.69) is 21.2 Å². The van der Waals surface area contributed by atoms with Crippen LogP contribution >= 0.6 is 15.9 Å². The third-order valence-corrected chi connectivity index (χ3v) is 3.70. The van der Waals surface area contributed by atoms with Crippen LogP contribution in [0.2, 0.25) is 0 Å². The highest BCUT2D eigenvalue weighted by molar-refractivity contribution is 9.10. The molecule has 0 spiro atoms. The number of carbonyl (C=O) groups excluding carboxylic acids is 1. The third-order valence-electron chi connectivity index (χ3n) is 3.03. The Bertz CT molecular complexity index is 516. The van der Waals surface area contributed by atoms with Crippen molar-refractivity contribution in [3.63, 3.8) is 0 Å². The number of benzene rings is 1. The fraction of sp³-hybridized carbons (Fsp3) is 0.467. The summed E-state index contributed by atoms with van der Waals surface area (Å²) in [6.07, 6.45) is 0.766. The number of carboxylic acids is 1. The molecule has 1 rings (SSSR count). The van der Waals surface area contributed by atoms with Gasteiger partial charge in [0.15, 0.2) is 0 Å². The molecule has 1 unspecified atom stereocenters. The van der Waals surface area contributed by atoms with Crippen LogP contribution in [0.15, 0.2) is 22.7 Å². The fourth-order valence-corrected chi connectivity index (χ4v) is 2.39. The molecule has 5 nitrogen and oxygen atoms in total. The summed E-state index contributed by atoms with van der Waals surface area (Å²) in [6, 6.07) is 4.55. The molecule has 0 radical (unpaired) electrons. The molecule has 0 saturated carbocycles. The van der Waals surface area contributed by atoms with Crippen molar-refractivity contribution in [1.82, 2.24) is 5.32 Å². The molecule has 0 heterocycles. The molecule has 116 valence electrons. The number of amides is 1. The predicted octanol–water partition coefficient (Wildman–Crippen LogP) is 3.02. The highest BCUT2D eigenvalue weighted by Gasteiger charge is 2.17. The molecular formula is C15H20BrNO4. The first-order valence-corrected chi connectivity index (χ1v) is 7.57. The van der Waals surface area contributed by atoms with Crippen molar-refractivity contribution in [2.75, 3.05) is 6.54 Å². The summed E-state index contributed by atoms with van der Waals surface area (Å²) in [5, 5.41) is 21.2. The van der Waals surface area contributed by atoms with Crippen LogP contribution in [-0.2, 0) is 4.79 Å². The van der Waals surface area contributed by atoms with Crippen LogP contribution in [0, 0.1) is 11.8 Å². The van der Waals surface area contributed by atoms with Gasteiger partial charge in [-0.2, -0.15) is 0 Å². The maximum Gasteiger partial charge on any atom is 0.303 e. The van der Waals surface area contributed by atoms with Gasteiger partial charge in [-0.15, -0.1) is 0 Å². The van der Waals surface area contributed by atoms with Crippen LogP contribution in [0.3, 0.4) is 0 Å². The molecule has 0 aliphatic rings. The lowest BCUT2D eigenvalue weighted by molar-refractivity contribution is -0.138. The molecule has 3 N–H and O–H groups in total. The molecule has 1 atom stereocenters. The number of aromatic hydroxyl groups is 1. The van der Waals surface area contributed by atoms with Crippen LogP contribution in [0.1, 0.15) is 37.0 Å². The highest BCUT2D eigenvalue weighted by atomic mass is 79.9. The van der Waals surface area contributed by atoms with Gasteiger partial charge in [-0.1, -0.05) is 13.8 Å². The monoisotopic (exact) mass is 357 g/mol. The van der Waals surface area contributed by atoms with Gasteiger partial charge < -0.3 is 15.5 Å². The lowest BCUT2D eigenvalue weighted by atomic mass is 9.94. The van der Waals surface area contributed by atoms with Gasteiger partial charge in [-0.3, -0.25) is 9.59 Å². The second kappa shape index (κ2) is 8.02. The van der Waals surface area contributed by atoms with Gasteiger partial charge >= 0.3 is 5.97 Å². The number of aliphatic carboxylic acids is 1. The Hall–Kier alpha value is -1.56. The topological polar surface area (TPSA) is 86.6 Å². The minimum Gasteiger partial charge on any atom is -0.507 e. The average Bonchev–Trinajstić information content (AvgIpc) is 2.37. The quantitative estimate of drug-likeness (QED) is 0.699. The lowest BCUT2D eigenvalue weighted by Crippen LogP contribution is -2.31. The van der Waals surface area contributed by atoms with E-state index < -0.39 is 5.97 Å². The fourth-order valence-electron chi connectivity index (χ4n) is 2.15. The van der Waals surface area contributed by atoms with E-state index in [1.807, 2.05) is 13.8 Å². The van der Waals surface area contributed by atoms with Crippen molar-refractivity contribution in [2.24, 2.45) is 11.8 Å². The molecule has 1 aromatic carbocycles. The minimum atomic E-state index is -0.865. The molecule has 21 heavy (non-hydrogen) atoms. The maximum absolute atomic E-state index is 12.0. The number of carboxylic acid groups (broad SMARTS) is 1. The van der Waals surface area contributed by atoms with Gasteiger partial charge in [-0.25, -0.2) is 0 Å². The zero-order valence-electron chi connectivity index (χ0n) is 12.1. The number of hydrogen-bond acceptors (Lipinski definition) is 3. The largest absolute Gasteiger partial charge is 0.507 e. The number of hydrogen-bond donors (Lipinski definition) is 3. The molecule has 0 aliphatic carbocycles. The van der Waals surface area contributed by atoms with Gasteiger partial charge in [0, 0.05) is 18.5 Å². The van der Waals surface area contributed by atoms with E-state index in [1.54, 1.807) is 12.1 Å². The summed E-state index contributed by atoms with van der Waals surface area (Å²) in [6.45, 7) is 4.34. The summed E-state index contributed by atoms with van der Waals surface area (Å²) in [5.74, 6) is -0.932. The second-order valence-electron chi connectivity index (χ2n) is 5.47. The molecule has 0 aromatic heterocycles. The summed E-state index contributed by atoms with van der Waals surface area (Å²) in [5.41, 5.74) is 0.342. The zero-order chi connectivity index (χ0) is 16.0. The van der Waals surface area contributed by atoms with Gasteiger partial charge in [0.05, 0.1) is 4.47 Å². The molecule has 1 amide bonds. The minimum absolute atomic E-state index is 0.00748. The molecular weight excluding hydrogens is 338 g/mol. The Morgan fingerprint density at radius 1 is 1.33 bits per heavy atom. The predicted molar refractivity (Wildman–Crippen MR) is 83.3 cm³/mol. The van der Waals surface area contributed by atoms with Crippen molar-refractivity contribution >= 4 is 27.8 Å². The van der Waals surface area contributed by atoms with E-state index in [4.69, 9.17) is 5.11 Å². The molecule has 0 aliphatic heterocycles. The van der Waals surface area contributed by atoms with E-state index in [9.17, 15) is 14.7 Å². The normalized spacial score (nSPS) is 12.2. The Morgan fingerprint density at radius 3 is 2.52 bits per heavy atom. The number of phenolic OH excluding ortho intramolecular Hbond substituents is 1. The summed E-state index contributed by atoms with van der Waals surface area (Å²) >= 11 is 3.15. The summed E-state index contributed by atoms with van der Waals surface area (Å²) in [7, 11) is 0. The smallest absolute Gasteiger partial charge is 0.303 e. The van der Waals surface area contributed by atoms with Crippen LogP contribution in [-0.4, -0.2) is 28.6 Å². The molecule has 0 saturated heterocycles. The zero-order valence-corrected chi connectivity index (χ0v) is 13.7. The first-order chi connectivity index (χ1) is 9.79. The highest BCUT2D eigenvalue weighted by Crippen LogP contribution is 2.24. The van der Waals surface area contributed by atoms with Crippen LogP contribution < -0.4 is 5.32 Å². The number of phenols is 1. The van der Waals surface area contributed by atoms with E-state index in [0.717, 1.165) is 6.42 Å². The Morgan fingerprint density at radius 2 is 2.00 bits per heavy atom. The summed E-state index contributed by atoms with van der Waals surface area (Å²) in [4.78, 5) is 22.8. The summed E-state index contributed by atoms with van der Waals surface area (Å²) < 4.78 is 0.516. The van der Waals surface area contributed by atoms with E-state index in [0.29, 0.717) is 22.5 Å². The van der Waals surface area contributed by atoms with Gasteiger partial charge in [-0.05, 0) is 52.4 Å². The third kappa shape index (κ3) is 6.16. The van der Waals surface area contributed by atoms with E-state index >= 15 is 0 Å². The van der Waals surface area contributed by atoms with Crippen LogP contribution in [0.25, 0.3) is 0 Å². The first-order valence-electron chi connectivity index (χ1n) is 6.78. The number of rotatable bonds is 7. The maximum atomic E-state index is 12.0. The average molecular weight is 358 g/mol. The van der Waals surface area contributed by atoms with E-state index in [1.165, 1.54) is 6.07 Å². The van der Waals surface area contributed by atoms with Crippen molar-refractivity contribution in [3.8, 4) is 5.75 Å². The SMILES string of the molecule is CC(C)CC(CNC(=O)c1ccc(Br)c(O)c1)CC(=O)O. The van der Waals surface area contributed by atoms with E-state index in [-0.39, 0.29) is 24.0 Å². The molecule has 0 fully saturated rings.